The van der Waals surface area contributed by atoms with Crippen LogP contribution < -0.4 is 9.64 Å². The molecule has 34 heavy (non-hydrogen) atoms. The number of rotatable bonds is 6. The quantitative estimate of drug-likeness (QED) is 0.424. The van der Waals surface area contributed by atoms with E-state index in [2.05, 4.69) is 20.4 Å². The molecule has 1 aromatic heterocycles. The van der Waals surface area contributed by atoms with E-state index in [0.29, 0.717) is 42.9 Å². The molecule has 3 aromatic carbocycles. The van der Waals surface area contributed by atoms with E-state index < -0.39 is 0 Å². The Labute approximate surface area is 202 Å². The molecule has 5 rings (SSSR count). The van der Waals surface area contributed by atoms with Gasteiger partial charge in [-0.15, -0.1) is 0 Å². The second kappa shape index (κ2) is 9.93. The summed E-state index contributed by atoms with van der Waals surface area (Å²) in [5.41, 5.74) is 2.96. The SMILES string of the molecule is O=C(COc1ccc(-c2ccccc2)cc1Cl)N1CCN(c2nnnn2-c2ccccc2)CC1. The van der Waals surface area contributed by atoms with Gasteiger partial charge in [-0.3, -0.25) is 4.79 Å². The van der Waals surface area contributed by atoms with Crippen molar-refractivity contribution in [2.24, 2.45) is 0 Å². The molecule has 0 unspecified atom stereocenters. The average molecular weight is 475 g/mol. The first kappa shape index (κ1) is 21.9. The Morgan fingerprint density at radius 1 is 0.882 bits per heavy atom. The third-order valence-corrected chi connectivity index (χ3v) is 6.05. The monoisotopic (exact) mass is 474 g/mol. The summed E-state index contributed by atoms with van der Waals surface area (Å²) in [6, 6.07) is 25.3. The number of piperazine rings is 1. The molecule has 0 aliphatic carbocycles. The molecule has 0 bridgehead atoms. The Kier molecular flexibility index (Phi) is 6.40. The Hall–Kier alpha value is -3.91. The van der Waals surface area contributed by atoms with Gasteiger partial charge in [0.25, 0.3) is 5.91 Å². The van der Waals surface area contributed by atoms with Crippen LogP contribution in [0.1, 0.15) is 0 Å². The summed E-state index contributed by atoms with van der Waals surface area (Å²) in [5.74, 6) is 1.08. The molecule has 1 fully saturated rings. The maximum Gasteiger partial charge on any atom is 0.260 e. The summed E-state index contributed by atoms with van der Waals surface area (Å²) in [5, 5.41) is 12.6. The molecule has 2 heterocycles. The molecule has 1 saturated heterocycles. The largest absolute Gasteiger partial charge is 0.482 e. The van der Waals surface area contributed by atoms with Gasteiger partial charge in [-0.1, -0.05) is 71.3 Å². The van der Waals surface area contributed by atoms with Gasteiger partial charge in [-0.25, -0.2) is 0 Å². The van der Waals surface area contributed by atoms with Crippen molar-refractivity contribution in [3.05, 3.63) is 83.9 Å². The van der Waals surface area contributed by atoms with E-state index in [1.165, 1.54) is 0 Å². The van der Waals surface area contributed by atoms with E-state index in [4.69, 9.17) is 16.3 Å². The molecule has 8 nitrogen and oxygen atoms in total. The van der Waals surface area contributed by atoms with E-state index in [9.17, 15) is 4.79 Å². The van der Waals surface area contributed by atoms with Crippen LogP contribution in [0.15, 0.2) is 78.9 Å². The molecule has 9 heteroatoms. The molecule has 1 aliphatic rings. The highest BCUT2D eigenvalue weighted by atomic mass is 35.5. The summed E-state index contributed by atoms with van der Waals surface area (Å²) in [7, 11) is 0. The second-order valence-electron chi connectivity index (χ2n) is 7.89. The summed E-state index contributed by atoms with van der Waals surface area (Å²) in [6.45, 7) is 2.32. The Morgan fingerprint density at radius 2 is 1.59 bits per heavy atom. The molecule has 0 atom stereocenters. The average Bonchev–Trinajstić information content (AvgIpc) is 3.39. The fourth-order valence-corrected chi connectivity index (χ4v) is 4.17. The van der Waals surface area contributed by atoms with Crippen LogP contribution in [-0.2, 0) is 4.79 Å². The maximum atomic E-state index is 12.7. The number of hydrogen-bond acceptors (Lipinski definition) is 6. The highest BCUT2D eigenvalue weighted by Gasteiger charge is 2.25. The van der Waals surface area contributed by atoms with E-state index in [-0.39, 0.29) is 12.5 Å². The van der Waals surface area contributed by atoms with Crippen LogP contribution in [0.3, 0.4) is 0 Å². The van der Waals surface area contributed by atoms with Gasteiger partial charge in [0.05, 0.1) is 10.7 Å². The van der Waals surface area contributed by atoms with Crippen molar-refractivity contribution >= 4 is 23.5 Å². The summed E-state index contributed by atoms with van der Waals surface area (Å²) in [4.78, 5) is 16.6. The van der Waals surface area contributed by atoms with Crippen LogP contribution in [0.5, 0.6) is 5.75 Å². The number of aromatic nitrogens is 4. The number of para-hydroxylation sites is 1. The minimum absolute atomic E-state index is 0.0633. The molecule has 4 aromatic rings. The number of carbonyl (C=O) groups excluding carboxylic acids is 1. The molecule has 0 spiro atoms. The van der Waals surface area contributed by atoms with Crippen molar-refractivity contribution < 1.29 is 9.53 Å². The normalized spacial score (nSPS) is 13.7. The van der Waals surface area contributed by atoms with Gasteiger partial charge in [0.1, 0.15) is 5.75 Å². The lowest BCUT2D eigenvalue weighted by molar-refractivity contribution is -0.133. The molecule has 0 N–H and O–H groups in total. The molecular weight excluding hydrogens is 452 g/mol. The number of carbonyl (C=O) groups is 1. The lowest BCUT2D eigenvalue weighted by atomic mass is 10.1. The van der Waals surface area contributed by atoms with Crippen LogP contribution in [0.25, 0.3) is 16.8 Å². The number of hydrogen-bond donors (Lipinski definition) is 0. The molecule has 1 amide bonds. The molecular formula is C25H23ClN6O2. The van der Waals surface area contributed by atoms with Crippen molar-refractivity contribution in [1.29, 1.82) is 0 Å². The van der Waals surface area contributed by atoms with E-state index in [1.807, 2.05) is 72.8 Å². The summed E-state index contributed by atoms with van der Waals surface area (Å²) < 4.78 is 7.46. The predicted octanol–water partition coefficient (Wildman–Crippen LogP) is 3.71. The number of halogens is 1. The fourth-order valence-electron chi connectivity index (χ4n) is 3.93. The summed E-state index contributed by atoms with van der Waals surface area (Å²) >= 11 is 6.41. The van der Waals surface area contributed by atoms with Crippen LogP contribution in [-0.4, -0.2) is 63.8 Å². The van der Waals surface area contributed by atoms with Crippen LogP contribution in [0.4, 0.5) is 5.95 Å². The lowest BCUT2D eigenvalue weighted by Crippen LogP contribution is -2.50. The Morgan fingerprint density at radius 3 is 2.29 bits per heavy atom. The van der Waals surface area contributed by atoms with Crippen LogP contribution in [0, 0.1) is 0 Å². The molecule has 172 valence electrons. The first-order valence-corrected chi connectivity index (χ1v) is 11.4. The van der Waals surface area contributed by atoms with Crippen LogP contribution in [0.2, 0.25) is 5.02 Å². The topological polar surface area (TPSA) is 76.4 Å². The van der Waals surface area contributed by atoms with Crippen molar-refractivity contribution in [2.75, 3.05) is 37.7 Å². The third-order valence-electron chi connectivity index (χ3n) is 5.76. The molecule has 1 aliphatic heterocycles. The number of ether oxygens (including phenoxy) is 1. The summed E-state index contributed by atoms with van der Waals surface area (Å²) in [6.07, 6.45) is 0. The van der Waals surface area contributed by atoms with Gasteiger partial charge in [0.15, 0.2) is 6.61 Å². The Bertz CT molecular complexity index is 1260. The first-order valence-electron chi connectivity index (χ1n) is 11.0. The van der Waals surface area contributed by atoms with E-state index in [0.717, 1.165) is 16.8 Å². The molecule has 0 radical (unpaired) electrons. The fraction of sp³-hybridized carbons (Fsp3) is 0.200. The smallest absolute Gasteiger partial charge is 0.260 e. The number of amides is 1. The van der Waals surface area contributed by atoms with Gasteiger partial charge < -0.3 is 14.5 Å². The third kappa shape index (κ3) is 4.72. The highest BCUT2D eigenvalue weighted by Crippen LogP contribution is 2.30. The lowest BCUT2D eigenvalue weighted by Gasteiger charge is -2.34. The minimum Gasteiger partial charge on any atom is -0.482 e. The van der Waals surface area contributed by atoms with Gasteiger partial charge in [0.2, 0.25) is 5.95 Å². The van der Waals surface area contributed by atoms with Gasteiger partial charge in [-0.05, 0) is 45.8 Å². The van der Waals surface area contributed by atoms with Crippen molar-refractivity contribution in [2.45, 2.75) is 0 Å². The number of benzene rings is 3. The highest BCUT2D eigenvalue weighted by molar-refractivity contribution is 6.32. The minimum atomic E-state index is -0.0782. The van der Waals surface area contributed by atoms with Crippen molar-refractivity contribution in [3.8, 4) is 22.6 Å². The number of anilines is 1. The number of tetrazole rings is 1. The standard InChI is InChI=1S/C25H23ClN6O2/c26-22-17-20(19-7-3-1-4-8-19)11-12-23(22)34-18-24(33)30-13-15-31(16-14-30)25-27-28-29-32(25)21-9-5-2-6-10-21/h1-12,17H,13-16,18H2. The first-order chi connectivity index (χ1) is 16.7. The van der Waals surface area contributed by atoms with Gasteiger partial charge >= 0.3 is 0 Å². The number of nitrogens with zero attached hydrogens (tertiary/aromatic N) is 6. The molecule has 0 saturated carbocycles. The van der Waals surface area contributed by atoms with E-state index in [1.54, 1.807) is 15.6 Å². The van der Waals surface area contributed by atoms with Crippen molar-refractivity contribution in [3.63, 3.8) is 0 Å². The zero-order chi connectivity index (χ0) is 23.3. The van der Waals surface area contributed by atoms with Crippen LogP contribution >= 0.6 is 11.6 Å². The van der Waals surface area contributed by atoms with E-state index >= 15 is 0 Å². The Balaban J connectivity index is 1.16. The predicted molar refractivity (Wildman–Crippen MR) is 130 cm³/mol. The van der Waals surface area contributed by atoms with Gasteiger partial charge in [0, 0.05) is 26.2 Å². The van der Waals surface area contributed by atoms with Crippen molar-refractivity contribution in [1.82, 2.24) is 25.1 Å². The maximum absolute atomic E-state index is 12.7. The van der Waals surface area contributed by atoms with Gasteiger partial charge in [-0.2, -0.15) is 4.68 Å². The zero-order valence-corrected chi connectivity index (χ0v) is 19.2. The zero-order valence-electron chi connectivity index (χ0n) is 18.4. The second-order valence-corrected chi connectivity index (χ2v) is 8.30.